The van der Waals surface area contributed by atoms with Crippen LogP contribution in [0.3, 0.4) is 0 Å². The summed E-state index contributed by atoms with van der Waals surface area (Å²) in [5.74, 6) is 0. The van der Waals surface area contributed by atoms with Gasteiger partial charge < -0.3 is 16.4 Å². The van der Waals surface area contributed by atoms with E-state index in [0.717, 1.165) is 11.1 Å². The van der Waals surface area contributed by atoms with Gasteiger partial charge in [0.05, 0.1) is 10.6 Å². The zero-order chi connectivity index (χ0) is 21.6. The zero-order valence-corrected chi connectivity index (χ0v) is 17.4. The number of hydrogen-bond acceptors (Lipinski definition) is 5. The second-order valence-electron chi connectivity index (χ2n) is 6.31. The summed E-state index contributed by atoms with van der Waals surface area (Å²) in [4.78, 5) is 16.0. The van der Waals surface area contributed by atoms with E-state index in [9.17, 15) is 13.2 Å². The van der Waals surface area contributed by atoms with Crippen molar-refractivity contribution in [3.8, 4) is 0 Å². The van der Waals surface area contributed by atoms with Gasteiger partial charge in [0.25, 0.3) is 10.0 Å². The van der Waals surface area contributed by atoms with Gasteiger partial charge in [-0.05, 0) is 53.6 Å². The van der Waals surface area contributed by atoms with Crippen LogP contribution in [0.1, 0.15) is 11.1 Å². The van der Waals surface area contributed by atoms with E-state index in [2.05, 4.69) is 20.3 Å². The van der Waals surface area contributed by atoms with Crippen LogP contribution in [0.4, 0.5) is 16.2 Å². The van der Waals surface area contributed by atoms with E-state index in [4.69, 9.17) is 17.3 Å². The molecular weight excluding hydrogens is 426 g/mol. The molecule has 0 atom stereocenters. The Morgan fingerprint density at radius 1 is 1.07 bits per heavy atom. The topological polar surface area (TPSA) is 126 Å². The van der Waals surface area contributed by atoms with Gasteiger partial charge in [-0.25, -0.2) is 13.2 Å². The quantitative estimate of drug-likeness (QED) is 0.443. The molecule has 3 aromatic rings. The molecule has 0 aliphatic rings. The lowest BCUT2D eigenvalue weighted by molar-refractivity contribution is 0.251. The van der Waals surface area contributed by atoms with E-state index in [1.807, 2.05) is 6.07 Å². The first kappa shape index (κ1) is 21.6. The minimum atomic E-state index is -3.82. The maximum Gasteiger partial charge on any atom is 0.319 e. The Morgan fingerprint density at radius 3 is 2.43 bits per heavy atom. The van der Waals surface area contributed by atoms with E-state index >= 15 is 0 Å². The third-order valence-corrected chi connectivity index (χ3v) is 5.87. The second kappa shape index (κ2) is 9.57. The van der Waals surface area contributed by atoms with Gasteiger partial charge in [-0.2, -0.15) is 0 Å². The molecule has 1 heterocycles. The largest absolute Gasteiger partial charge is 0.334 e. The van der Waals surface area contributed by atoms with Gasteiger partial charge in [0.2, 0.25) is 0 Å². The van der Waals surface area contributed by atoms with Crippen LogP contribution in [0.15, 0.2) is 71.9 Å². The molecule has 2 amide bonds. The molecule has 0 aliphatic heterocycles. The average molecular weight is 446 g/mol. The van der Waals surface area contributed by atoms with Gasteiger partial charge in [-0.3, -0.25) is 9.71 Å². The molecule has 2 aromatic carbocycles. The highest BCUT2D eigenvalue weighted by molar-refractivity contribution is 7.92. The molecule has 156 valence electrons. The second-order valence-corrected chi connectivity index (χ2v) is 8.40. The van der Waals surface area contributed by atoms with Crippen molar-refractivity contribution in [2.24, 2.45) is 5.73 Å². The van der Waals surface area contributed by atoms with Crippen molar-refractivity contribution in [3.05, 3.63) is 83.1 Å². The molecule has 3 rings (SSSR count). The number of rotatable bonds is 7. The maximum absolute atomic E-state index is 12.6. The highest BCUT2D eigenvalue weighted by Crippen LogP contribution is 2.23. The van der Waals surface area contributed by atoms with Crippen molar-refractivity contribution in [2.45, 2.75) is 18.0 Å². The number of anilines is 2. The van der Waals surface area contributed by atoms with E-state index in [0.29, 0.717) is 22.9 Å². The van der Waals surface area contributed by atoms with Crippen LogP contribution < -0.4 is 21.1 Å². The molecule has 0 bridgehead atoms. The van der Waals surface area contributed by atoms with Gasteiger partial charge in [0.1, 0.15) is 0 Å². The Labute approximate surface area is 179 Å². The van der Waals surface area contributed by atoms with Crippen LogP contribution in [0, 0.1) is 0 Å². The third-order valence-electron chi connectivity index (χ3n) is 4.12. The molecule has 0 saturated carbocycles. The number of halogens is 1. The Kier molecular flexibility index (Phi) is 6.88. The molecule has 10 heteroatoms. The number of carbonyl (C=O) groups excluding carboxylic acids is 1. The minimum Gasteiger partial charge on any atom is -0.334 e. The van der Waals surface area contributed by atoms with Crippen molar-refractivity contribution >= 4 is 39.0 Å². The first-order valence-electron chi connectivity index (χ1n) is 8.92. The lowest BCUT2D eigenvalue weighted by atomic mass is 10.2. The summed E-state index contributed by atoms with van der Waals surface area (Å²) in [6.45, 7) is 0.581. The summed E-state index contributed by atoms with van der Waals surface area (Å²) in [5, 5.41) is 5.73. The summed E-state index contributed by atoms with van der Waals surface area (Å²) in [7, 11) is -3.82. The first-order chi connectivity index (χ1) is 14.4. The average Bonchev–Trinajstić information content (AvgIpc) is 2.73. The van der Waals surface area contributed by atoms with Crippen molar-refractivity contribution in [1.82, 2.24) is 10.3 Å². The fourth-order valence-electron chi connectivity index (χ4n) is 2.57. The summed E-state index contributed by atoms with van der Waals surface area (Å²) in [6, 6.07) is 13.8. The van der Waals surface area contributed by atoms with E-state index in [1.54, 1.807) is 30.6 Å². The Bertz CT molecular complexity index is 1120. The molecule has 0 fully saturated rings. The smallest absolute Gasteiger partial charge is 0.319 e. The van der Waals surface area contributed by atoms with Crippen LogP contribution in [0.2, 0.25) is 5.02 Å². The Hall–Kier alpha value is -3.14. The Balaban J connectivity index is 1.61. The van der Waals surface area contributed by atoms with Crippen LogP contribution >= 0.6 is 11.6 Å². The number of aromatic nitrogens is 1. The summed E-state index contributed by atoms with van der Waals surface area (Å²) in [6.07, 6.45) is 3.31. The van der Waals surface area contributed by atoms with Crippen molar-refractivity contribution in [3.63, 3.8) is 0 Å². The minimum absolute atomic E-state index is 0.0443. The van der Waals surface area contributed by atoms with Gasteiger partial charge in [-0.15, -0.1) is 0 Å². The molecule has 0 saturated heterocycles. The standard InChI is InChI=1S/C20H20ClN5O3S/c21-19-10-17(4-3-15(19)11-22)26-30(28,29)18-7-5-16(6-8-18)25-20(27)24-13-14-2-1-9-23-12-14/h1-10,12,26H,11,13,22H2,(H2,24,25,27). The fraction of sp³-hybridized carbons (Fsp3) is 0.100. The van der Waals surface area contributed by atoms with Gasteiger partial charge >= 0.3 is 6.03 Å². The summed E-state index contributed by atoms with van der Waals surface area (Å²) in [5.41, 5.74) is 7.92. The number of urea groups is 1. The summed E-state index contributed by atoms with van der Waals surface area (Å²) < 4.78 is 27.6. The van der Waals surface area contributed by atoms with Gasteiger partial charge in [0.15, 0.2) is 0 Å². The SMILES string of the molecule is NCc1ccc(NS(=O)(=O)c2ccc(NC(=O)NCc3cccnc3)cc2)cc1Cl. The number of nitrogens with zero attached hydrogens (tertiary/aromatic N) is 1. The number of hydrogen-bond donors (Lipinski definition) is 4. The third kappa shape index (κ3) is 5.69. The Morgan fingerprint density at radius 2 is 1.80 bits per heavy atom. The van der Waals surface area contributed by atoms with Gasteiger partial charge in [-0.1, -0.05) is 23.7 Å². The number of pyridine rings is 1. The molecule has 8 nitrogen and oxygen atoms in total. The zero-order valence-electron chi connectivity index (χ0n) is 15.8. The van der Waals surface area contributed by atoms with E-state index < -0.39 is 16.1 Å². The molecule has 0 spiro atoms. The van der Waals surface area contributed by atoms with Crippen LogP contribution in [0.25, 0.3) is 0 Å². The highest BCUT2D eigenvalue weighted by atomic mass is 35.5. The lowest BCUT2D eigenvalue weighted by Gasteiger charge is -2.11. The maximum atomic E-state index is 12.6. The number of carbonyl (C=O) groups is 1. The van der Waals surface area contributed by atoms with Crippen molar-refractivity contribution in [1.29, 1.82) is 0 Å². The molecule has 30 heavy (non-hydrogen) atoms. The van der Waals surface area contributed by atoms with Crippen LogP contribution in [-0.2, 0) is 23.1 Å². The van der Waals surface area contributed by atoms with Crippen LogP contribution in [0.5, 0.6) is 0 Å². The number of nitrogens with two attached hydrogens (primary N) is 1. The predicted octanol–water partition coefficient (Wildman–Crippen LogP) is 3.32. The number of amides is 2. The number of sulfonamides is 1. The molecule has 0 aliphatic carbocycles. The van der Waals surface area contributed by atoms with Crippen LogP contribution in [-0.4, -0.2) is 19.4 Å². The van der Waals surface area contributed by atoms with E-state index in [1.165, 1.54) is 30.3 Å². The molecule has 0 unspecified atom stereocenters. The molecule has 0 radical (unpaired) electrons. The van der Waals surface area contributed by atoms with Crippen molar-refractivity contribution in [2.75, 3.05) is 10.0 Å². The summed E-state index contributed by atoms with van der Waals surface area (Å²) >= 11 is 6.07. The van der Waals surface area contributed by atoms with Crippen molar-refractivity contribution < 1.29 is 13.2 Å². The predicted molar refractivity (Wildman–Crippen MR) is 117 cm³/mol. The van der Waals surface area contributed by atoms with E-state index in [-0.39, 0.29) is 11.4 Å². The highest BCUT2D eigenvalue weighted by Gasteiger charge is 2.15. The molecular formula is C20H20ClN5O3S. The number of benzene rings is 2. The lowest BCUT2D eigenvalue weighted by Crippen LogP contribution is -2.28. The fourth-order valence-corrected chi connectivity index (χ4v) is 3.88. The monoisotopic (exact) mass is 445 g/mol. The molecule has 1 aromatic heterocycles. The van der Waals surface area contributed by atoms with Gasteiger partial charge in [0, 0.05) is 36.2 Å². The number of nitrogens with one attached hydrogen (secondary N) is 3. The first-order valence-corrected chi connectivity index (χ1v) is 10.8. The molecule has 5 N–H and O–H groups in total. The normalized spacial score (nSPS) is 11.0.